The van der Waals surface area contributed by atoms with Crippen LogP contribution in [0.1, 0.15) is 18.4 Å². The molecule has 0 amide bonds. The highest BCUT2D eigenvalue weighted by molar-refractivity contribution is 5.93. The number of carbonyl (C=O) groups excluding carboxylic acids is 1. The Bertz CT molecular complexity index is 378. The van der Waals surface area contributed by atoms with Gasteiger partial charge in [-0.25, -0.2) is 0 Å². The average Bonchev–Trinajstić information content (AvgIpc) is 2.88. The van der Waals surface area contributed by atoms with Crippen molar-refractivity contribution in [2.24, 2.45) is 0 Å². The third-order valence-corrected chi connectivity index (χ3v) is 2.58. The van der Waals surface area contributed by atoms with Gasteiger partial charge >= 0.3 is 0 Å². The van der Waals surface area contributed by atoms with Crippen LogP contribution in [0.5, 0.6) is 0 Å². The van der Waals surface area contributed by atoms with E-state index in [9.17, 15) is 4.79 Å². The second-order valence-corrected chi connectivity index (χ2v) is 3.92. The summed E-state index contributed by atoms with van der Waals surface area (Å²) in [6.07, 6.45) is 4.36. The van der Waals surface area contributed by atoms with Gasteiger partial charge in [0.2, 0.25) is 0 Å². The summed E-state index contributed by atoms with van der Waals surface area (Å²) in [5, 5.41) is 0. The van der Waals surface area contributed by atoms with Gasteiger partial charge in [-0.3, -0.25) is 4.79 Å². The van der Waals surface area contributed by atoms with Crippen LogP contribution in [-0.4, -0.2) is 25.3 Å². The zero-order valence-corrected chi connectivity index (χ0v) is 9.67. The molecule has 0 saturated carbocycles. The van der Waals surface area contributed by atoms with Gasteiger partial charge in [0.25, 0.3) is 0 Å². The minimum absolute atomic E-state index is 0.105. The van der Waals surface area contributed by atoms with Gasteiger partial charge in [-0.05, 0) is 11.6 Å². The molecule has 3 nitrogen and oxygen atoms in total. The molecular formula is C14H16O3. The van der Waals surface area contributed by atoms with Crippen molar-refractivity contribution in [2.75, 3.05) is 13.2 Å². The number of hydrogen-bond donors (Lipinski definition) is 0. The highest BCUT2D eigenvalue weighted by Crippen LogP contribution is 2.11. The predicted octanol–water partition coefficient (Wildman–Crippen LogP) is 2.42. The fourth-order valence-corrected chi connectivity index (χ4v) is 1.67. The number of rotatable bonds is 5. The maximum Gasteiger partial charge on any atom is 0.158 e. The molecule has 0 aromatic heterocycles. The van der Waals surface area contributed by atoms with E-state index in [-0.39, 0.29) is 12.1 Å². The van der Waals surface area contributed by atoms with Gasteiger partial charge in [0.15, 0.2) is 12.1 Å². The molecule has 1 heterocycles. The Morgan fingerprint density at radius 1 is 1.24 bits per heavy atom. The van der Waals surface area contributed by atoms with E-state index in [0.717, 1.165) is 5.56 Å². The smallest absolute Gasteiger partial charge is 0.158 e. The molecule has 0 radical (unpaired) electrons. The molecule has 0 unspecified atom stereocenters. The fraction of sp³-hybridized carbons (Fsp3) is 0.357. The first-order valence-electron chi connectivity index (χ1n) is 5.84. The third-order valence-electron chi connectivity index (χ3n) is 2.58. The molecule has 3 heteroatoms. The molecule has 0 spiro atoms. The van der Waals surface area contributed by atoms with E-state index >= 15 is 0 Å². The summed E-state index contributed by atoms with van der Waals surface area (Å²) in [5.41, 5.74) is 1.04. The average molecular weight is 232 g/mol. The Labute approximate surface area is 101 Å². The summed E-state index contributed by atoms with van der Waals surface area (Å²) in [4.78, 5) is 11.6. The van der Waals surface area contributed by atoms with Crippen LogP contribution in [0.2, 0.25) is 0 Å². The Balaban J connectivity index is 1.75. The Morgan fingerprint density at radius 3 is 2.65 bits per heavy atom. The Morgan fingerprint density at radius 2 is 1.94 bits per heavy atom. The van der Waals surface area contributed by atoms with Gasteiger partial charge in [-0.1, -0.05) is 36.4 Å². The molecule has 0 atom stereocenters. The lowest BCUT2D eigenvalue weighted by Crippen LogP contribution is -2.09. The predicted molar refractivity (Wildman–Crippen MR) is 65.4 cm³/mol. The number of hydrogen-bond acceptors (Lipinski definition) is 3. The number of ether oxygens (including phenoxy) is 2. The molecule has 1 aromatic rings. The van der Waals surface area contributed by atoms with Gasteiger partial charge in [0.05, 0.1) is 13.2 Å². The van der Waals surface area contributed by atoms with E-state index < -0.39 is 0 Å². The van der Waals surface area contributed by atoms with E-state index in [1.54, 1.807) is 6.08 Å². The van der Waals surface area contributed by atoms with Crippen LogP contribution < -0.4 is 0 Å². The molecule has 0 aliphatic carbocycles. The first-order chi connectivity index (χ1) is 8.34. The molecule has 1 aromatic carbocycles. The molecule has 1 aliphatic rings. The van der Waals surface area contributed by atoms with Crippen molar-refractivity contribution in [1.29, 1.82) is 0 Å². The molecule has 1 aliphatic heterocycles. The van der Waals surface area contributed by atoms with Crippen molar-refractivity contribution in [3.8, 4) is 0 Å². The highest BCUT2D eigenvalue weighted by Gasteiger charge is 2.16. The van der Waals surface area contributed by atoms with Crippen LogP contribution in [0.15, 0.2) is 36.4 Å². The first-order valence-corrected chi connectivity index (χ1v) is 5.84. The Kier molecular flexibility index (Phi) is 4.47. The van der Waals surface area contributed by atoms with E-state index in [1.165, 1.54) is 0 Å². The van der Waals surface area contributed by atoms with Crippen molar-refractivity contribution in [2.45, 2.75) is 19.1 Å². The Hall–Kier alpha value is -1.45. The van der Waals surface area contributed by atoms with Crippen LogP contribution >= 0.6 is 0 Å². The van der Waals surface area contributed by atoms with Crippen LogP contribution in [0.25, 0.3) is 6.08 Å². The summed E-state index contributed by atoms with van der Waals surface area (Å²) < 4.78 is 10.5. The van der Waals surface area contributed by atoms with Crippen molar-refractivity contribution in [3.63, 3.8) is 0 Å². The SMILES string of the molecule is O=C(/C=C/c1ccccc1)CCC1OCCO1. The van der Waals surface area contributed by atoms with Crippen molar-refractivity contribution in [1.82, 2.24) is 0 Å². The van der Waals surface area contributed by atoms with Gasteiger partial charge in [-0.15, -0.1) is 0 Å². The van der Waals surface area contributed by atoms with Crippen LogP contribution in [0.4, 0.5) is 0 Å². The summed E-state index contributed by atoms with van der Waals surface area (Å²) in [5.74, 6) is 0.105. The van der Waals surface area contributed by atoms with E-state index in [1.807, 2.05) is 36.4 Å². The maximum absolute atomic E-state index is 11.6. The topological polar surface area (TPSA) is 35.5 Å². The van der Waals surface area contributed by atoms with Gasteiger partial charge < -0.3 is 9.47 Å². The van der Waals surface area contributed by atoms with E-state index in [4.69, 9.17) is 9.47 Å². The second-order valence-electron chi connectivity index (χ2n) is 3.92. The van der Waals surface area contributed by atoms with Crippen LogP contribution in [-0.2, 0) is 14.3 Å². The maximum atomic E-state index is 11.6. The monoisotopic (exact) mass is 232 g/mol. The molecule has 1 fully saturated rings. The van der Waals surface area contributed by atoms with Crippen molar-refractivity contribution in [3.05, 3.63) is 42.0 Å². The number of ketones is 1. The highest BCUT2D eigenvalue weighted by atomic mass is 16.7. The molecule has 0 N–H and O–H groups in total. The normalized spacial score (nSPS) is 16.7. The fourth-order valence-electron chi connectivity index (χ4n) is 1.67. The zero-order chi connectivity index (χ0) is 11.9. The molecule has 17 heavy (non-hydrogen) atoms. The van der Waals surface area contributed by atoms with Crippen molar-refractivity contribution < 1.29 is 14.3 Å². The summed E-state index contributed by atoms with van der Waals surface area (Å²) in [7, 11) is 0. The van der Waals surface area contributed by atoms with Gasteiger partial charge in [-0.2, -0.15) is 0 Å². The minimum atomic E-state index is -0.191. The summed E-state index contributed by atoms with van der Waals surface area (Å²) in [6, 6.07) is 9.78. The van der Waals surface area contributed by atoms with E-state index in [0.29, 0.717) is 26.1 Å². The number of allylic oxidation sites excluding steroid dienone is 1. The van der Waals surface area contributed by atoms with E-state index in [2.05, 4.69) is 0 Å². The van der Waals surface area contributed by atoms with Gasteiger partial charge in [0, 0.05) is 12.8 Å². The lowest BCUT2D eigenvalue weighted by Gasteiger charge is -2.06. The standard InChI is InChI=1S/C14H16O3/c15-13(8-9-14-16-10-11-17-14)7-6-12-4-2-1-3-5-12/h1-7,14H,8-11H2/b7-6+. The summed E-state index contributed by atoms with van der Waals surface area (Å²) in [6.45, 7) is 1.28. The molecular weight excluding hydrogens is 216 g/mol. The third kappa shape index (κ3) is 4.13. The largest absolute Gasteiger partial charge is 0.350 e. The second kappa shape index (κ2) is 6.33. The molecule has 1 saturated heterocycles. The lowest BCUT2D eigenvalue weighted by atomic mass is 10.1. The van der Waals surface area contributed by atoms with Crippen LogP contribution in [0.3, 0.4) is 0 Å². The lowest BCUT2D eigenvalue weighted by molar-refractivity contribution is -0.117. The number of benzene rings is 1. The summed E-state index contributed by atoms with van der Waals surface area (Å²) >= 11 is 0. The quantitative estimate of drug-likeness (QED) is 0.731. The molecule has 90 valence electrons. The minimum Gasteiger partial charge on any atom is -0.350 e. The van der Waals surface area contributed by atoms with Gasteiger partial charge in [0.1, 0.15) is 0 Å². The van der Waals surface area contributed by atoms with Crippen LogP contribution in [0, 0.1) is 0 Å². The zero-order valence-electron chi connectivity index (χ0n) is 9.67. The molecule has 0 bridgehead atoms. The first kappa shape index (κ1) is 12.0. The molecule has 2 rings (SSSR count). The van der Waals surface area contributed by atoms with Crippen molar-refractivity contribution >= 4 is 11.9 Å². The number of carbonyl (C=O) groups is 1.